The molecule has 0 heterocycles. The number of carbonyl (C=O) groups is 2. The van der Waals surface area contributed by atoms with E-state index in [9.17, 15) is 14.7 Å². The zero-order valence-electron chi connectivity index (χ0n) is 15.7. The van der Waals surface area contributed by atoms with Crippen molar-refractivity contribution in [2.24, 2.45) is 0 Å². The molecular weight excluding hydrogens is 346 g/mol. The van der Waals surface area contributed by atoms with Crippen molar-refractivity contribution >= 4 is 11.9 Å². The molecule has 1 N–H and O–H groups in total. The van der Waals surface area contributed by atoms with E-state index in [1.165, 1.54) is 0 Å². The quantitative estimate of drug-likeness (QED) is 0.731. The Morgan fingerprint density at radius 2 is 1.52 bits per heavy atom. The van der Waals surface area contributed by atoms with Crippen LogP contribution in [0.4, 0.5) is 0 Å². The van der Waals surface area contributed by atoms with Crippen LogP contribution in [0.5, 0.6) is 11.5 Å². The highest BCUT2D eigenvalue weighted by Crippen LogP contribution is 2.21. The zero-order valence-corrected chi connectivity index (χ0v) is 15.7. The minimum absolute atomic E-state index is 0.0329. The van der Waals surface area contributed by atoms with E-state index in [1.807, 2.05) is 19.9 Å². The largest absolute Gasteiger partial charge is 0.550 e. The summed E-state index contributed by atoms with van der Waals surface area (Å²) in [6.45, 7) is 5.44. The average molecular weight is 370 g/mol. The summed E-state index contributed by atoms with van der Waals surface area (Å²) in [6.07, 6.45) is -1.08. The number of nitrogens with one attached hydrogen (secondary N) is 1. The van der Waals surface area contributed by atoms with Crippen LogP contribution in [0, 0.1) is 0 Å². The molecule has 2 rings (SSSR count). The van der Waals surface area contributed by atoms with Gasteiger partial charge in [0.05, 0.1) is 12.1 Å². The van der Waals surface area contributed by atoms with Crippen LogP contribution in [-0.4, -0.2) is 24.1 Å². The van der Waals surface area contributed by atoms with E-state index in [0.717, 1.165) is 0 Å². The summed E-state index contributed by atoms with van der Waals surface area (Å²) in [5.41, 5.74) is 0.649. The number of rotatable bonds is 9. The summed E-state index contributed by atoms with van der Waals surface area (Å²) in [4.78, 5) is 23.6. The molecule has 6 heteroatoms. The second kappa shape index (κ2) is 9.62. The lowest BCUT2D eigenvalue weighted by Gasteiger charge is -2.23. The molecule has 144 valence electrons. The van der Waals surface area contributed by atoms with Gasteiger partial charge in [-0.15, -0.1) is 0 Å². The molecule has 0 aromatic heterocycles. The van der Waals surface area contributed by atoms with Crippen molar-refractivity contribution in [1.29, 1.82) is 0 Å². The molecule has 0 bridgehead atoms. The molecule has 0 aliphatic rings. The van der Waals surface area contributed by atoms with E-state index < -0.39 is 24.0 Å². The Bertz CT molecular complexity index is 743. The van der Waals surface area contributed by atoms with Gasteiger partial charge in [-0.3, -0.25) is 4.79 Å². The van der Waals surface area contributed by atoms with Gasteiger partial charge < -0.3 is 24.7 Å². The van der Waals surface area contributed by atoms with Crippen LogP contribution in [0.1, 0.15) is 38.8 Å². The Morgan fingerprint density at radius 3 is 2.07 bits per heavy atom. The standard InChI is InChI=1S/C21H25NO5/c1-14(2)26-18-11-9-16(10-12-18)19(13-20(23)24)22-21(25)15(3)27-17-7-5-4-6-8-17/h4-12,14-15,19H,13H2,1-3H3,(H,22,25)(H,23,24)/p-1/t15-,19+/m1/s1. The number of ether oxygens (including phenoxy) is 2. The molecule has 2 atom stereocenters. The smallest absolute Gasteiger partial charge is 0.261 e. The average Bonchev–Trinajstić information content (AvgIpc) is 2.61. The third-order valence-corrected chi connectivity index (χ3v) is 3.77. The summed E-state index contributed by atoms with van der Waals surface area (Å²) >= 11 is 0. The van der Waals surface area contributed by atoms with E-state index in [0.29, 0.717) is 17.1 Å². The molecule has 0 spiro atoms. The SMILES string of the molecule is CC(C)Oc1ccc([C@H](CC(=O)[O-])NC(=O)[C@@H](C)Oc2ccccc2)cc1. The first kappa shape index (κ1) is 20.3. The van der Waals surface area contributed by atoms with E-state index in [4.69, 9.17) is 9.47 Å². The summed E-state index contributed by atoms with van der Waals surface area (Å²) in [5.74, 6) is -0.424. The van der Waals surface area contributed by atoms with Gasteiger partial charge in [0.2, 0.25) is 0 Å². The van der Waals surface area contributed by atoms with Crippen molar-refractivity contribution in [3.05, 3.63) is 60.2 Å². The molecule has 0 unspecified atom stereocenters. The minimum Gasteiger partial charge on any atom is -0.550 e. The Hall–Kier alpha value is -3.02. The van der Waals surface area contributed by atoms with Crippen molar-refractivity contribution < 1.29 is 24.2 Å². The Balaban J connectivity index is 2.06. The summed E-state index contributed by atoms with van der Waals surface area (Å²) in [5, 5.41) is 13.8. The number of carboxylic acids is 1. The topological polar surface area (TPSA) is 87.7 Å². The highest BCUT2D eigenvalue weighted by Gasteiger charge is 2.20. The number of aliphatic carboxylic acids is 1. The van der Waals surface area contributed by atoms with Crippen LogP contribution in [0.3, 0.4) is 0 Å². The lowest BCUT2D eigenvalue weighted by molar-refractivity contribution is -0.306. The second-order valence-electron chi connectivity index (χ2n) is 6.45. The third kappa shape index (κ3) is 6.66. The summed E-state index contributed by atoms with van der Waals surface area (Å²) < 4.78 is 11.2. The molecule has 2 aromatic rings. The van der Waals surface area contributed by atoms with Crippen LogP contribution in [-0.2, 0) is 9.59 Å². The molecule has 27 heavy (non-hydrogen) atoms. The van der Waals surface area contributed by atoms with Gasteiger partial charge in [0.1, 0.15) is 11.5 Å². The molecule has 0 saturated heterocycles. The molecule has 1 amide bonds. The maximum Gasteiger partial charge on any atom is 0.261 e. The van der Waals surface area contributed by atoms with Crippen LogP contribution in [0.15, 0.2) is 54.6 Å². The molecule has 0 saturated carbocycles. The number of para-hydroxylation sites is 1. The second-order valence-corrected chi connectivity index (χ2v) is 6.45. The molecular formula is C21H24NO5-. The molecule has 0 aliphatic heterocycles. The maximum atomic E-state index is 12.5. The first-order chi connectivity index (χ1) is 12.8. The van der Waals surface area contributed by atoms with Crippen molar-refractivity contribution in [2.75, 3.05) is 0 Å². The molecule has 0 aliphatic carbocycles. The zero-order chi connectivity index (χ0) is 19.8. The fourth-order valence-electron chi connectivity index (χ4n) is 2.52. The predicted octanol–water partition coefficient (Wildman–Crippen LogP) is 2.24. The Morgan fingerprint density at radius 1 is 0.926 bits per heavy atom. The highest BCUT2D eigenvalue weighted by atomic mass is 16.5. The minimum atomic E-state index is -1.25. The third-order valence-electron chi connectivity index (χ3n) is 3.77. The first-order valence-corrected chi connectivity index (χ1v) is 8.83. The van der Waals surface area contributed by atoms with Crippen molar-refractivity contribution in [2.45, 2.75) is 45.4 Å². The normalized spacial score (nSPS) is 12.9. The number of hydrogen-bond donors (Lipinski definition) is 1. The summed E-state index contributed by atoms with van der Waals surface area (Å²) in [7, 11) is 0. The van der Waals surface area contributed by atoms with Crippen LogP contribution < -0.4 is 19.9 Å². The number of benzene rings is 2. The van der Waals surface area contributed by atoms with Crippen molar-refractivity contribution in [3.8, 4) is 11.5 Å². The fourth-order valence-corrected chi connectivity index (χ4v) is 2.52. The van der Waals surface area contributed by atoms with Gasteiger partial charge in [-0.2, -0.15) is 0 Å². The van der Waals surface area contributed by atoms with Gasteiger partial charge in [-0.05, 0) is 50.6 Å². The van der Waals surface area contributed by atoms with E-state index in [2.05, 4.69) is 5.32 Å². The van der Waals surface area contributed by atoms with E-state index in [-0.39, 0.29) is 12.5 Å². The molecule has 6 nitrogen and oxygen atoms in total. The number of carbonyl (C=O) groups excluding carboxylic acids is 2. The van der Waals surface area contributed by atoms with Crippen molar-refractivity contribution in [1.82, 2.24) is 5.32 Å². The fraction of sp³-hybridized carbons (Fsp3) is 0.333. The monoisotopic (exact) mass is 370 g/mol. The Labute approximate surface area is 159 Å². The summed E-state index contributed by atoms with van der Waals surface area (Å²) in [6, 6.07) is 15.2. The van der Waals surface area contributed by atoms with Crippen LogP contribution in [0.2, 0.25) is 0 Å². The van der Waals surface area contributed by atoms with Gasteiger partial charge in [0.25, 0.3) is 5.91 Å². The van der Waals surface area contributed by atoms with Gasteiger partial charge >= 0.3 is 0 Å². The van der Waals surface area contributed by atoms with Gasteiger partial charge in [-0.25, -0.2) is 0 Å². The lowest BCUT2D eigenvalue weighted by atomic mass is 10.0. The predicted molar refractivity (Wildman–Crippen MR) is 99.2 cm³/mol. The molecule has 0 radical (unpaired) electrons. The van der Waals surface area contributed by atoms with E-state index in [1.54, 1.807) is 55.5 Å². The van der Waals surface area contributed by atoms with Gasteiger partial charge in [0, 0.05) is 12.4 Å². The van der Waals surface area contributed by atoms with E-state index >= 15 is 0 Å². The molecule has 0 fully saturated rings. The molecule has 2 aromatic carbocycles. The van der Waals surface area contributed by atoms with Gasteiger partial charge in [0.15, 0.2) is 6.10 Å². The number of hydrogen-bond acceptors (Lipinski definition) is 5. The highest BCUT2D eigenvalue weighted by molar-refractivity contribution is 5.81. The first-order valence-electron chi connectivity index (χ1n) is 8.83. The lowest BCUT2D eigenvalue weighted by Crippen LogP contribution is -2.40. The van der Waals surface area contributed by atoms with Crippen LogP contribution in [0.25, 0.3) is 0 Å². The number of amides is 1. The van der Waals surface area contributed by atoms with Gasteiger partial charge in [-0.1, -0.05) is 30.3 Å². The van der Waals surface area contributed by atoms with Crippen LogP contribution >= 0.6 is 0 Å². The van der Waals surface area contributed by atoms with Crippen molar-refractivity contribution in [3.63, 3.8) is 0 Å². The Kier molecular flexibility index (Phi) is 7.23. The number of carboxylic acid groups (broad SMARTS) is 1. The maximum absolute atomic E-state index is 12.5.